The summed E-state index contributed by atoms with van der Waals surface area (Å²) in [6, 6.07) is 13.7. The molecule has 2 aromatic carbocycles. The van der Waals surface area contributed by atoms with Gasteiger partial charge in [0.2, 0.25) is 11.8 Å². The monoisotopic (exact) mass is 712 g/mol. The Morgan fingerprint density at radius 1 is 1.04 bits per heavy atom. The number of amides is 3. The fourth-order valence-electron chi connectivity index (χ4n) is 5.62. The molecule has 1 aromatic heterocycles. The zero-order valence-electron chi connectivity index (χ0n) is 28.9. The molecular weight excluding hydrogens is 666 g/mol. The summed E-state index contributed by atoms with van der Waals surface area (Å²) in [5.74, 6) is -3.47. The average molecular weight is 713 g/mol. The van der Waals surface area contributed by atoms with Crippen LogP contribution in [0.15, 0.2) is 60.8 Å². The summed E-state index contributed by atoms with van der Waals surface area (Å²) >= 11 is 0. The lowest BCUT2D eigenvalue weighted by atomic mass is 9.82. The van der Waals surface area contributed by atoms with Crippen molar-refractivity contribution in [3.8, 4) is 11.1 Å². The quantitative estimate of drug-likeness (QED) is 0.107. The lowest BCUT2D eigenvalue weighted by Crippen LogP contribution is -2.48. The van der Waals surface area contributed by atoms with Crippen LogP contribution in [0.5, 0.6) is 0 Å². The smallest absolute Gasteiger partial charge is 0.407 e. The maximum atomic E-state index is 15.1. The first kappa shape index (κ1) is 39.9. The Morgan fingerprint density at radius 3 is 2.40 bits per heavy atom. The van der Waals surface area contributed by atoms with Crippen molar-refractivity contribution in [3.05, 3.63) is 83.7 Å². The van der Waals surface area contributed by atoms with E-state index < -0.39 is 59.6 Å². The van der Waals surface area contributed by atoms with Crippen LogP contribution in [0, 0.1) is 17.0 Å². The van der Waals surface area contributed by atoms with E-state index in [2.05, 4.69) is 10.6 Å². The molecule has 4 N–H and O–H groups in total. The topological polar surface area (TPSA) is 150 Å². The molecule has 3 rings (SSSR count). The zero-order valence-corrected chi connectivity index (χ0v) is 29.9. The van der Waals surface area contributed by atoms with Crippen LogP contribution in [0.1, 0.15) is 57.3 Å². The van der Waals surface area contributed by atoms with Gasteiger partial charge in [-0.3, -0.25) is 14.4 Å². The van der Waals surface area contributed by atoms with E-state index in [9.17, 15) is 28.7 Å². The average Bonchev–Trinajstić information content (AvgIpc) is 3.47. The molecule has 0 unspecified atom stereocenters. The van der Waals surface area contributed by atoms with Crippen molar-refractivity contribution >= 4 is 33.4 Å². The third-order valence-corrected chi connectivity index (χ3v) is 8.67. The molecule has 50 heavy (non-hydrogen) atoms. The number of aliphatic hydroxyl groups is 1. The molecule has 0 aliphatic carbocycles. The molecule has 11 nitrogen and oxygen atoms in total. The van der Waals surface area contributed by atoms with Gasteiger partial charge < -0.3 is 35.1 Å². The van der Waals surface area contributed by atoms with Crippen LogP contribution in [0.3, 0.4) is 0 Å². The zero-order chi connectivity index (χ0) is 36.8. The number of hydrogen-bond acceptors (Lipinski definition) is 6. The summed E-state index contributed by atoms with van der Waals surface area (Å²) in [5.41, 5.74) is 1.32. The van der Waals surface area contributed by atoms with Gasteiger partial charge >= 0.3 is 12.1 Å². The van der Waals surface area contributed by atoms with Gasteiger partial charge in [-0.25, -0.2) is 13.6 Å². The Labute approximate surface area is 293 Å². The van der Waals surface area contributed by atoms with Crippen LogP contribution in [0.2, 0.25) is 12.6 Å². The predicted octanol–water partition coefficient (Wildman–Crippen LogP) is 5.03. The van der Waals surface area contributed by atoms with Crippen molar-refractivity contribution in [3.63, 3.8) is 0 Å². The molecule has 2 radical (unpaired) electrons. The molecule has 3 amide bonds. The van der Waals surface area contributed by atoms with Crippen molar-refractivity contribution in [2.24, 2.45) is 5.41 Å². The summed E-state index contributed by atoms with van der Waals surface area (Å²) in [5, 5.41) is 24.5. The molecule has 14 heteroatoms. The molecular formula is C36H46F2N4O7Si. The molecule has 0 fully saturated rings. The van der Waals surface area contributed by atoms with Gasteiger partial charge in [0.25, 0.3) is 0 Å². The van der Waals surface area contributed by atoms with E-state index in [-0.39, 0.29) is 44.5 Å². The number of aliphatic carboxylic acids is 1. The number of aromatic nitrogens is 1. The van der Waals surface area contributed by atoms with Crippen LogP contribution in [-0.4, -0.2) is 85.4 Å². The van der Waals surface area contributed by atoms with Gasteiger partial charge in [0.15, 0.2) is 0 Å². The van der Waals surface area contributed by atoms with Gasteiger partial charge in [0.05, 0.1) is 25.1 Å². The first-order valence-corrected chi connectivity index (χ1v) is 18.1. The Balaban J connectivity index is 2.02. The predicted molar refractivity (Wildman–Crippen MR) is 186 cm³/mol. The van der Waals surface area contributed by atoms with Crippen LogP contribution < -0.4 is 10.6 Å². The van der Waals surface area contributed by atoms with Gasteiger partial charge in [0.1, 0.15) is 18.2 Å². The van der Waals surface area contributed by atoms with Gasteiger partial charge in [0, 0.05) is 58.6 Å². The number of carbonyl (C=O) groups excluding carboxylic acids is 3. The SMILES string of the molecule is C[Si]CCOC(=O)N[C@@H](CCN(C(=O)CO)[C@@H](c1cc(-c2cc(F)ccc2F)cn1Cc1ccccc1)C(C)(C)C)CNC(=O)CCC(=O)O. The summed E-state index contributed by atoms with van der Waals surface area (Å²) in [4.78, 5) is 51.0. The fourth-order valence-corrected chi connectivity index (χ4v) is 5.93. The van der Waals surface area contributed by atoms with E-state index in [4.69, 9.17) is 9.84 Å². The highest BCUT2D eigenvalue weighted by Crippen LogP contribution is 2.41. The highest BCUT2D eigenvalue weighted by Gasteiger charge is 2.37. The van der Waals surface area contributed by atoms with Gasteiger partial charge in [-0.2, -0.15) is 0 Å². The molecule has 0 spiro atoms. The lowest BCUT2D eigenvalue weighted by molar-refractivity contribution is -0.139. The molecule has 0 aliphatic rings. The first-order chi connectivity index (χ1) is 23.7. The summed E-state index contributed by atoms with van der Waals surface area (Å²) in [6.07, 6.45) is 0.508. The van der Waals surface area contributed by atoms with Crippen LogP contribution in [0.25, 0.3) is 11.1 Å². The molecule has 0 aliphatic heterocycles. The van der Waals surface area contributed by atoms with E-state index in [1.165, 1.54) is 4.90 Å². The molecule has 2 atom stereocenters. The fraction of sp³-hybridized carbons (Fsp3) is 0.444. The van der Waals surface area contributed by atoms with Crippen molar-refractivity contribution < 1.29 is 42.9 Å². The molecule has 0 saturated heterocycles. The number of carboxylic acids is 1. The van der Waals surface area contributed by atoms with Crippen molar-refractivity contribution in [1.82, 2.24) is 20.1 Å². The molecule has 0 saturated carbocycles. The first-order valence-electron chi connectivity index (χ1n) is 16.4. The normalized spacial score (nSPS) is 12.5. The van der Waals surface area contributed by atoms with E-state index in [1.54, 1.807) is 12.3 Å². The third-order valence-electron chi connectivity index (χ3n) is 7.97. The molecule has 0 bridgehead atoms. The maximum Gasteiger partial charge on any atom is 0.407 e. The number of benzene rings is 2. The second-order valence-electron chi connectivity index (χ2n) is 13.0. The number of nitrogens with one attached hydrogen (secondary N) is 2. The number of alkyl carbamates (subject to hydrolysis) is 1. The van der Waals surface area contributed by atoms with Gasteiger partial charge in [-0.05, 0) is 47.7 Å². The third kappa shape index (κ3) is 12.1. The molecule has 270 valence electrons. The van der Waals surface area contributed by atoms with E-state index in [1.807, 2.05) is 62.2 Å². The summed E-state index contributed by atoms with van der Waals surface area (Å²) < 4.78 is 36.5. The highest BCUT2D eigenvalue weighted by atomic mass is 28.2. The maximum absolute atomic E-state index is 15.1. The number of aliphatic hydroxyl groups excluding tert-OH is 1. The van der Waals surface area contributed by atoms with Crippen LogP contribution in [-0.2, 0) is 25.7 Å². The Bertz CT molecular complexity index is 1600. The minimum Gasteiger partial charge on any atom is -0.481 e. The van der Waals surface area contributed by atoms with Crippen LogP contribution in [0.4, 0.5) is 13.6 Å². The van der Waals surface area contributed by atoms with Gasteiger partial charge in [-0.1, -0.05) is 57.7 Å². The van der Waals surface area contributed by atoms with E-state index in [0.29, 0.717) is 33.4 Å². The number of nitrogens with zero attached hydrogens (tertiary/aromatic N) is 2. The van der Waals surface area contributed by atoms with E-state index in [0.717, 1.165) is 23.8 Å². The number of halogens is 2. The van der Waals surface area contributed by atoms with Crippen LogP contribution >= 0.6 is 0 Å². The number of hydrogen-bond donors (Lipinski definition) is 4. The number of rotatable bonds is 18. The Kier molecular flexibility index (Phi) is 15.1. The second kappa shape index (κ2) is 19.0. The number of ether oxygens (including phenoxy) is 1. The van der Waals surface area contributed by atoms with Crippen molar-refractivity contribution in [2.75, 3.05) is 26.3 Å². The Hall–Kier alpha value is -4.56. The van der Waals surface area contributed by atoms with Gasteiger partial charge in [-0.15, -0.1) is 0 Å². The van der Waals surface area contributed by atoms with Crippen molar-refractivity contribution in [2.45, 2.75) is 71.3 Å². The number of carboxylic acid groups (broad SMARTS) is 1. The lowest BCUT2D eigenvalue weighted by Gasteiger charge is -2.41. The highest BCUT2D eigenvalue weighted by molar-refractivity contribution is 6.33. The summed E-state index contributed by atoms with van der Waals surface area (Å²) in [6.45, 7) is 7.39. The minimum atomic E-state index is -1.12. The van der Waals surface area contributed by atoms with E-state index >= 15 is 4.39 Å². The minimum absolute atomic E-state index is 0.00773. The largest absolute Gasteiger partial charge is 0.481 e. The standard InChI is InChI=1S/C36H46F2N4O7Si/c1-36(2,3)34(30-18-25(28-19-26(37)10-11-29(28)38)22-41(30)21-24-8-6-5-7-9-24)42(32(45)23-43)15-14-27(40-35(48)49-16-17-50-4)20-39-31(44)12-13-33(46)47/h5-11,18-19,22,27,34,43H,12-17,20-21,23H2,1-4H3,(H,39,44)(H,40,48)(H,46,47)/t27-,34-/m0/s1. The number of carbonyl (C=O) groups is 4. The van der Waals surface area contributed by atoms with Crippen molar-refractivity contribution in [1.29, 1.82) is 0 Å². The molecule has 1 heterocycles. The Morgan fingerprint density at radius 2 is 1.76 bits per heavy atom. The summed E-state index contributed by atoms with van der Waals surface area (Å²) in [7, 11) is 0.580. The second-order valence-corrected chi connectivity index (χ2v) is 14.2. The molecule has 3 aromatic rings.